The highest BCUT2D eigenvalue weighted by molar-refractivity contribution is 5.53. The number of nitrogens with two attached hydrogens (primary N) is 1. The van der Waals surface area contributed by atoms with Gasteiger partial charge in [-0.3, -0.25) is 5.10 Å². The Bertz CT molecular complexity index is 1230. The fourth-order valence-electron chi connectivity index (χ4n) is 4.54. The Morgan fingerprint density at radius 2 is 2.09 bits per heavy atom. The van der Waals surface area contributed by atoms with E-state index in [1.54, 1.807) is 6.20 Å². The maximum atomic E-state index is 14.8. The summed E-state index contributed by atoms with van der Waals surface area (Å²) in [4.78, 5) is 10.9. The molecule has 2 aliphatic rings. The van der Waals surface area contributed by atoms with Gasteiger partial charge >= 0.3 is 12.2 Å². The second-order valence-electron chi connectivity index (χ2n) is 8.29. The number of aromatic nitrogens is 4. The van der Waals surface area contributed by atoms with Gasteiger partial charge in [0.25, 0.3) is 0 Å². The Labute approximate surface area is 192 Å². The van der Waals surface area contributed by atoms with Crippen molar-refractivity contribution in [3.8, 4) is 6.01 Å². The molecule has 180 valence electrons. The van der Waals surface area contributed by atoms with Crippen molar-refractivity contribution in [3.63, 3.8) is 0 Å². The lowest BCUT2D eigenvalue weighted by molar-refractivity contribution is -0.140. The lowest BCUT2D eigenvalue weighted by Gasteiger charge is -2.31. The number of nitrogens with one attached hydrogen (secondary N) is 1. The molecule has 5 rings (SSSR count). The molecule has 8 nitrogen and oxygen atoms in total. The molecule has 34 heavy (non-hydrogen) atoms. The number of nitrogen functional groups attached to an aromatic ring is 1. The van der Waals surface area contributed by atoms with Crippen LogP contribution in [-0.4, -0.2) is 33.8 Å². The van der Waals surface area contributed by atoms with Gasteiger partial charge in [0.2, 0.25) is 0 Å². The molecule has 12 heteroatoms. The van der Waals surface area contributed by atoms with Crippen LogP contribution in [0.1, 0.15) is 46.2 Å². The van der Waals surface area contributed by atoms with E-state index in [9.17, 15) is 17.6 Å². The number of methoxy groups -OCH3 is 1. The van der Waals surface area contributed by atoms with Gasteiger partial charge in [-0.1, -0.05) is 0 Å². The van der Waals surface area contributed by atoms with Gasteiger partial charge in [-0.2, -0.15) is 28.2 Å². The van der Waals surface area contributed by atoms with Crippen LogP contribution >= 0.6 is 0 Å². The molecule has 1 aromatic carbocycles. The summed E-state index contributed by atoms with van der Waals surface area (Å²) in [5.41, 5.74) is 6.67. The standard InChI is InChI=1S/C22H22F4N6O2/c1-33-21-29-16-7-17(18-13(22(24,25)26)4-5-14(27)19(18)23)34-10-12(16)20(30-21)32-6-2-3-15-11(9-32)8-28-31-15/h4-5,8,17H,2-3,6-7,9-10,27H2,1H3,(H,28,31). The number of aromatic amines is 1. The number of fused-ring (bicyclic) bond motifs is 2. The molecular weight excluding hydrogens is 456 g/mol. The number of hydrogen-bond acceptors (Lipinski definition) is 7. The first kappa shape index (κ1) is 22.4. The molecular formula is C22H22F4N6O2. The van der Waals surface area contributed by atoms with Crippen LogP contribution < -0.4 is 15.4 Å². The van der Waals surface area contributed by atoms with E-state index >= 15 is 0 Å². The minimum absolute atomic E-state index is 0.0788. The highest BCUT2D eigenvalue weighted by atomic mass is 19.4. The molecule has 3 aromatic rings. The largest absolute Gasteiger partial charge is 0.467 e. The van der Waals surface area contributed by atoms with Gasteiger partial charge in [0, 0.05) is 41.9 Å². The second-order valence-corrected chi connectivity index (χ2v) is 8.29. The molecule has 4 heterocycles. The number of halogens is 4. The average molecular weight is 478 g/mol. The number of anilines is 2. The number of rotatable bonds is 3. The third-order valence-corrected chi connectivity index (χ3v) is 6.20. The van der Waals surface area contributed by atoms with E-state index in [-0.39, 0.29) is 24.7 Å². The van der Waals surface area contributed by atoms with Crippen molar-refractivity contribution in [1.82, 2.24) is 20.2 Å². The molecule has 0 bridgehead atoms. The summed E-state index contributed by atoms with van der Waals surface area (Å²) in [6.07, 6.45) is -2.62. The maximum Gasteiger partial charge on any atom is 0.416 e. The molecule has 0 aliphatic carbocycles. The summed E-state index contributed by atoms with van der Waals surface area (Å²) < 4.78 is 66.9. The maximum absolute atomic E-state index is 14.8. The fourth-order valence-corrected chi connectivity index (χ4v) is 4.54. The highest BCUT2D eigenvalue weighted by Gasteiger charge is 2.40. The SMILES string of the molecule is COc1nc2c(c(N3CCCc4[nH]ncc4C3)n1)COC(c1c(C(F)(F)F)ccc(N)c1F)C2. The predicted molar refractivity (Wildman–Crippen MR) is 114 cm³/mol. The lowest BCUT2D eigenvalue weighted by atomic mass is 9.94. The molecule has 0 fully saturated rings. The van der Waals surface area contributed by atoms with Gasteiger partial charge in [-0.15, -0.1) is 0 Å². The van der Waals surface area contributed by atoms with Crippen molar-refractivity contribution < 1.29 is 27.0 Å². The summed E-state index contributed by atoms with van der Waals surface area (Å²) in [6.45, 7) is 1.16. The Hall–Kier alpha value is -3.41. The van der Waals surface area contributed by atoms with Crippen LogP contribution in [0.15, 0.2) is 18.3 Å². The average Bonchev–Trinajstić information content (AvgIpc) is 3.15. The van der Waals surface area contributed by atoms with E-state index in [0.29, 0.717) is 30.2 Å². The second kappa shape index (κ2) is 8.42. The molecule has 0 radical (unpaired) electrons. The van der Waals surface area contributed by atoms with Gasteiger partial charge in [0.1, 0.15) is 5.82 Å². The first-order valence-electron chi connectivity index (χ1n) is 10.7. The molecule has 3 N–H and O–H groups in total. The van der Waals surface area contributed by atoms with Crippen molar-refractivity contribution in [2.75, 3.05) is 24.3 Å². The van der Waals surface area contributed by atoms with Crippen LogP contribution in [0.2, 0.25) is 0 Å². The molecule has 0 saturated heterocycles. The Kier molecular flexibility index (Phi) is 5.54. The van der Waals surface area contributed by atoms with Crippen LogP contribution in [-0.2, 0) is 36.9 Å². The lowest BCUT2D eigenvalue weighted by Crippen LogP contribution is -2.29. The van der Waals surface area contributed by atoms with Crippen molar-refractivity contribution >= 4 is 11.5 Å². The molecule has 0 spiro atoms. The Morgan fingerprint density at radius 1 is 1.26 bits per heavy atom. The molecule has 2 aromatic heterocycles. The summed E-state index contributed by atoms with van der Waals surface area (Å²) >= 11 is 0. The topological polar surface area (TPSA) is 102 Å². The number of ether oxygens (including phenoxy) is 2. The zero-order chi connectivity index (χ0) is 24.0. The summed E-state index contributed by atoms with van der Waals surface area (Å²) in [5, 5.41) is 7.12. The zero-order valence-electron chi connectivity index (χ0n) is 18.2. The van der Waals surface area contributed by atoms with Crippen LogP contribution in [0.3, 0.4) is 0 Å². The first-order chi connectivity index (χ1) is 16.3. The Balaban J connectivity index is 1.54. The van der Waals surface area contributed by atoms with E-state index < -0.39 is 29.2 Å². The fraction of sp³-hybridized carbons (Fsp3) is 0.409. The van der Waals surface area contributed by atoms with E-state index in [1.165, 1.54) is 7.11 Å². The van der Waals surface area contributed by atoms with E-state index in [4.69, 9.17) is 15.2 Å². The number of H-pyrrole nitrogens is 1. The molecule has 1 atom stereocenters. The monoisotopic (exact) mass is 478 g/mol. The van der Waals surface area contributed by atoms with Crippen molar-refractivity contribution in [2.45, 2.75) is 44.7 Å². The van der Waals surface area contributed by atoms with Gasteiger partial charge < -0.3 is 20.1 Å². The normalized spacial score (nSPS) is 18.3. The van der Waals surface area contributed by atoms with Gasteiger partial charge in [0.05, 0.1) is 43.0 Å². The molecule has 1 unspecified atom stereocenters. The van der Waals surface area contributed by atoms with Crippen LogP contribution in [0, 0.1) is 5.82 Å². The van der Waals surface area contributed by atoms with E-state index in [2.05, 4.69) is 25.1 Å². The number of benzene rings is 1. The first-order valence-corrected chi connectivity index (χ1v) is 10.7. The van der Waals surface area contributed by atoms with Gasteiger partial charge in [-0.25, -0.2) is 4.39 Å². The molecule has 0 amide bonds. The van der Waals surface area contributed by atoms with Crippen LogP contribution in [0.25, 0.3) is 0 Å². The van der Waals surface area contributed by atoms with Crippen LogP contribution in [0.5, 0.6) is 6.01 Å². The van der Waals surface area contributed by atoms with Crippen molar-refractivity contribution in [3.05, 3.63) is 57.8 Å². The predicted octanol–water partition coefficient (Wildman–Crippen LogP) is 3.72. The molecule has 0 saturated carbocycles. The van der Waals surface area contributed by atoms with Gasteiger partial charge in [-0.05, 0) is 25.0 Å². The third-order valence-electron chi connectivity index (χ3n) is 6.20. The van der Waals surface area contributed by atoms with Crippen molar-refractivity contribution in [1.29, 1.82) is 0 Å². The van der Waals surface area contributed by atoms with E-state index in [1.807, 2.05) is 0 Å². The smallest absolute Gasteiger partial charge is 0.416 e. The third kappa shape index (κ3) is 3.91. The molecule has 2 aliphatic heterocycles. The number of nitrogens with zero attached hydrogens (tertiary/aromatic N) is 4. The summed E-state index contributed by atoms with van der Waals surface area (Å²) in [7, 11) is 1.41. The quantitative estimate of drug-likeness (QED) is 0.437. The zero-order valence-corrected chi connectivity index (χ0v) is 18.2. The number of hydrogen-bond donors (Lipinski definition) is 2. The minimum atomic E-state index is -4.77. The Morgan fingerprint density at radius 3 is 2.85 bits per heavy atom. The van der Waals surface area contributed by atoms with Crippen LogP contribution in [0.4, 0.5) is 29.1 Å². The number of aryl methyl sites for hydroxylation is 1. The summed E-state index contributed by atoms with van der Waals surface area (Å²) in [5.74, 6) is -0.553. The highest BCUT2D eigenvalue weighted by Crippen LogP contribution is 2.43. The van der Waals surface area contributed by atoms with Gasteiger partial charge in [0.15, 0.2) is 5.82 Å². The van der Waals surface area contributed by atoms with Crippen molar-refractivity contribution in [2.24, 2.45) is 0 Å². The van der Waals surface area contributed by atoms with E-state index in [0.717, 1.165) is 36.2 Å². The number of alkyl halides is 3. The minimum Gasteiger partial charge on any atom is -0.467 e. The summed E-state index contributed by atoms with van der Waals surface area (Å²) in [6, 6.07) is 1.76.